The van der Waals surface area contributed by atoms with E-state index in [1.165, 1.54) is 17.3 Å². The number of aryl methyl sites for hydroxylation is 2. The summed E-state index contributed by atoms with van der Waals surface area (Å²) in [5.41, 5.74) is 4.38. The Morgan fingerprint density at radius 3 is 2.52 bits per heavy atom. The topological polar surface area (TPSA) is 69.0 Å². The molecule has 2 aromatic carbocycles. The van der Waals surface area contributed by atoms with Crippen molar-refractivity contribution in [1.82, 2.24) is 14.8 Å². The molecule has 33 heavy (non-hydrogen) atoms. The zero-order chi connectivity index (χ0) is 24.0. The van der Waals surface area contributed by atoms with Gasteiger partial charge < -0.3 is 10.1 Å². The van der Waals surface area contributed by atoms with Gasteiger partial charge in [-0.25, -0.2) is 0 Å². The van der Waals surface area contributed by atoms with E-state index >= 15 is 0 Å². The van der Waals surface area contributed by atoms with E-state index in [9.17, 15) is 4.79 Å². The second-order valence-corrected chi connectivity index (χ2v) is 9.96. The van der Waals surface area contributed by atoms with Crippen molar-refractivity contribution >= 4 is 23.4 Å². The third-order valence-corrected chi connectivity index (χ3v) is 6.15. The van der Waals surface area contributed by atoms with Gasteiger partial charge in [0.1, 0.15) is 12.4 Å². The number of hydrogen-bond acceptors (Lipinski definition) is 5. The molecule has 1 heterocycles. The summed E-state index contributed by atoms with van der Waals surface area (Å²) in [7, 11) is 0. The molecule has 174 valence electrons. The number of carbonyl (C=O) groups is 1. The Bertz CT molecular complexity index is 1110. The van der Waals surface area contributed by atoms with Crippen molar-refractivity contribution in [2.45, 2.75) is 58.3 Å². The molecule has 0 radical (unpaired) electrons. The van der Waals surface area contributed by atoms with E-state index in [-0.39, 0.29) is 23.7 Å². The van der Waals surface area contributed by atoms with Crippen LogP contribution in [0.1, 0.15) is 43.3 Å². The average molecular weight is 465 g/mol. The maximum atomic E-state index is 12.5. The molecule has 0 spiro atoms. The minimum Gasteiger partial charge on any atom is -0.486 e. The van der Waals surface area contributed by atoms with Gasteiger partial charge in [-0.05, 0) is 48.6 Å². The third-order valence-electron chi connectivity index (χ3n) is 5.18. The SMILES string of the molecule is C=CCn1c(COc2ccc(C(C)(C)C)cc2)nnc1SCC(=O)Nc1ccc(C)cc1C. The summed E-state index contributed by atoms with van der Waals surface area (Å²) in [6, 6.07) is 14.1. The Balaban J connectivity index is 1.61. The molecule has 0 aliphatic rings. The van der Waals surface area contributed by atoms with Crippen LogP contribution in [0.4, 0.5) is 5.69 Å². The van der Waals surface area contributed by atoms with Crippen LogP contribution in [0.3, 0.4) is 0 Å². The smallest absolute Gasteiger partial charge is 0.234 e. The normalized spacial score (nSPS) is 11.3. The van der Waals surface area contributed by atoms with E-state index in [1.54, 1.807) is 6.08 Å². The van der Waals surface area contributed by atoms with Gasteiger partial charge in [0.2, 0.25) is 5.91 Å². The van der Waals surface area contributed by atoms with Crippen LogP contribution < -0.4 is 10.1 Å². The molecular weight excluding hydrogens is 432 g/mol. The lowest BCUT2D eigenvalue weighted by Gasteiger charge is -2.19. The molecule has 0 aliphatic carbocycles. The predicted molar refractivity (Wildman–Crippen MR) is 135 cm³/mol. The molecule has 0 atom stereocenters. The molecule has 0 saturated carbocycles. The van der Waals surface area contributed by atoms with Crippen molar-refractivity contribution in [1.29, 1.82) is 0 Å². The van der Waals surface area contributed by atoms with Crippen LogP contribution in [-0.2, 0) is 23.4 Å². The number of carbonyl (C=O) groups excluding carboxylic acids is 1. The number of benzene rings is 2. The maximum Gasteiger partial charge on any atom is 0.234 e. The lowest BCUT2D eigenvalue weighted by molar-refractivity contribution is -0.113. The number of rotatable bonds is 9. The van der Waals surface area contributed by atoms with Gasteiger partial charge in [-0.3, -0.25) is 9.36 Å². The Morgan fingerprint density at radius 1 is 1.15 bits per heavy atom. The lowest BCUT2D eigenvalue weighted by Crippen LogP contribution is -2.15. The standard InChI is InChI=1S/C26H32N4O2S/c1-7-14-30-23(16-32-21-11-9-20(10-12-21)26(4,5)6)28-29-25(30)33-17-24(31)27-22-13-8-18(2)15-19(22)3/h7-13,15H,1,14,16-17H2,2-6H3,(H,27,31). The summed E-state index contributed by atoms with van der Waals surface area (Å²) >= 11 is 1.34. The predicted octanol–water partition coefficient (Wildman–Crippen LogP) is 5.69. The first-order chi connectivity index (χ1) is 15.7. The monoisotopic (exact) mass is 464 g/mol. The zero-order valence-corrected chi connectivity index (χ0v) is 20.8. The van der Waals surface area contributed by atoms with Gasteiger partial charge in [0.05, 0.1) is 5.75 Å². The van der Waals surface area contributed by atoms with Crippen LogP contribution in [0.15, 0.2) is 60.3 Å². The molecule has 0 bridgehead atoms. The number of ether oxygens (including phenoxy) is 1. The molecule has 3 rings (SSSR count). The van der Waals surface area contributed by atoms with Gasteiger partial charge >= 0.3 is 0 Å². The zero-order valence-electron chi connectivity index (χ0n) is 20.0. The average Bonchev–Trinajstić information content (AvgIpc) is 3.14. The Hall–Kier alpha value is -3.06. The first-order valence-electron chi connectivity index (χ1n) is 10.9. The van der Waals surface area contributed by atoms with Crippen LogP contribution in [0.2, 0.25) is 0 Å². The Kier molecular flexibility index (Phi) is 7.97. The third kappa shape index (κ3) is 6.71. The van der Waals surface area contributed by atoms with E-state index in [4.69, 9.17) is 4.74 Å². The summed E-state index contributed by atoms with van der Waals surface area (Å²) in [4.78, 5) is 12.5. The van der Waals surface area contributed by atoms with Crippen LogP contribution in [0, 0.1) is 13.8 Å². The van der Waals surface area contributed by atoms with E-state index in [0.717, 1.165) is 22.6 Å². The summed E-state index contributed by atoms with van der Waals surface area (Å²) in [5.74, 6) is 1.61. The van der Waals surface area contributed by atoms with Gasteiger partial charge in [0.15, 0.2) is 11.0 Å². The first kappa shape index (κ1) is 24.6. The Labute approximate surface area is 200 Å². The molecule has 1 aromatic heterocycles. The highest BCUT2D eigenvalue weighted by Crippen LogP contribution is 2.25. The lowest BCUT2D eigenvalue weighted by atomic mass is 9.87. The van der Waals surface area contributed by atoms with E-state index < -0.39 is 0 Å². The number of nitrogens with zero attached hydrogens (tertiary/aromatic N) is 3. The van der Waals surface area contributed by atoms with Crippen LogP contribution in [0.5, 0.6) is 5.75 Å². The summed E-state index contributed by atoms with van der Waals surface area (Å²) in [6.07, 6.45) is 1.78. The van der Waals surface area contributed by atoms with Gasteiger partial charge in [-0.2, -0.15) is 0 Å². The number of anilines is 1. The molecule has 0 unspecified atom stereocenters. The van der Waals surface area contributed by atoms with Gasteiger partial charge in [0, 0.05) is 12.2 Å². The van der Waals surface area contributed by atoms with Crippen molar-refractivity contribution in [3.8, 4) is 5.75 Å². The molecule has 0 fully saturated rings. The quantitative estimate of drug-likeness (QED) is 0.325. The largest absolute Gasteiger partial charge is 0.486 e. The Morgan fingerprint density at radius 2 is 1.88 bits per heavy atom. The summed E-state index contributed by atoms with van der Waals surface area (Å²) in [6.45, 7) is 15.2. The van der Waals surface area contributed by atoms with E-state index in [0.29, 0.717) is 17.5 Å². The van der Waals surface area contributed by atoms with Gasteiger partial charge in [-0.15, -0.1) is 16.8 Å². The van der Waals surface area contributed by atoms with Crippen LogP contribution >= 0.6 is 11.8 Å². The fraction of sp³-hybridized carbons (Fsp3) is 0.346. The molecule has 1 amide bonds. The molecule has 0 saturated heterocycles. The molecule has 3 aromatic rings. The minimum atomic E-state index is -0.0863. The van der Waals surface area contributed by atoms with E-state index in [2.05, 4.69) is 55.0 Å². The summed E-state index contributed by atoms with van der Waals surface area (Å²) in [5, 5.41) is 12.2. The highest BCUT2D eigenvalue weighted by molar-refractivity contribution is 7.99. The van der Waals surface area contributed by atoms with Crippen molar-refractivity contribution < 1.29 is 9.53 Å². The summed E-state index contributed by atoms with van der Waals surface area (Å²) < 4.78 is 7.86. The molecular formula is C26H32N4O2S. The number of amides is 1. The molecule has 1 N–H and O–H groups in total. The van der Waals surface area contributed by atoms with Crippen LogP contribution in [0.25, 0.3) is 0 Å². The number of aromatic nitrogens is 3. The number of hydrogen-bond donors (Lipinski definition) is 1. The van der Waals surface area contributed by atoms with E-state index in [1.807, 2.05) is 48.7 Å². The first-order valence-corrected chi connectivity index (χ1v) is 11.9. The van der Waals surface area contributed by atoms with Crippen molar-refractivity contribution in [2.24, 2.45) is 0 Å². The van der Waals surface area contributed by atoms with Crippen molar-refractivity contribution in [3.63, 3.8) is 0 Å². The second kappa shape index (κ2) is 10.7. The number of allylic oxidation sites excluding steroid dienone is 1. The van der Waals surface area contributed by atoms with Gasteiger partial charge in [-0.1, -0.05) is 68.4 Å². The molecule has 0 aliphatic heterocycles. The van der Waals surface area contributed by atoms with Crippen molar-refractivity contribution in [3.05, 3.63) is 77.6 Å². The van der Waals surface area contributed by atoms with Crippen molar-refractivity contribution in [2.75, 3.05) is 11.1 Å². The molecule has 7 heteroatoms. The van der Waals surface area contributed by atoms with Gasteiger partial charge in [0.25, 0.3) is 0 Å². The highest BCUT2D eigenvalue weighted by atomic mass is 32.2. The molecule has 6 nitrogen and oxygen atoms in total. The maximum absolute atomic E-state index is 12.5. The highest BCUT2D eigenvalue weighted by Gasteiger charge is 2.16. The van der Waals surface area contributed by atoms with Crippen LogP contribution in [-0.4, -0.2) is 26.4 Å². The number of nitrogens with one attached hydrogen (secondary N) is 1. The minimum absolute atomic E-state index is 0.0863. The fourth-order valence-corrected chi connectivity index (χ4v) is 4.08. The fourth-order valence-electron chi connectivity index (χ4n) is 3.31. The number of thioether (sulfide) groups is 1. The second-order valence-electron chi connectivity index (χ2n) is 9.02.